The molecule has 1 aromatic carbocycles. The topological polar surface area (TPSA) is 79.3 Å². The second-order valence-electron chi connectivity index (χ2n) is 6.82. The molecule has 0 radical (unpaired) electrons. The predicted molar refractivity (Wildman–Crippen MR) is 91.9 cm³/mol. The summed E-state index contributed by atoms with van der Waals surface area (Å²) in [5.74, 6) is -0.421. The van der Waals surface area contributed by atoms with Crippen molar-refractivity contribution in [1.82, 2.24) is 25.3 Å². The Balaban J connectivity index is 1.38. The van der Waals surface area contributed by atoms with Crippen molar-refractivity contribution in [1.29, 1.82) is 0 Å². The number of amides is 2. The maximum absolute atomic E-state index is 13.3. The van der Waals surface area contributed by atoms with Gasteiger partial charge in [-0.2, -0.15) is 5.10 Å². The molecule has 0 spiro atoms. The van der Waals surface area contributed by atoms with E-state index in [1.54, 1.807) is 34.8 Å². The van der Waals surface area contributed by atoms with Crippen molar-refractivity contribution in [2.75, 3.05) is 6.54 Å². The number of nitrogens with zero attached hydrogens (tertiary/aromatic N) is 3. The van der Waals surface area contributed by atoms with Gasteiger partial charge in [-0.25, -0.2) is 9.07 Å². The van der Waals surface area contributed by atoms with Gasteiger partial charge in [-0.15, -0.1) is 0 Å². The maximum Gasteiger partial charge on any atom is 0.245 e. The second kappa shape index (κ2) is 6.53. The van der Waals surface area contributed by atoms with Crippen LogP contribution in [0.1, 0.15) is 18.9 Å². The van der Waals surface area contributed by atoms with E-state index in [1.807, 2.05) is 6.20 Å². The van der Waals surface area contributed by atoms with Gasteiger partial charge in [0.2, 0.25) is 11.8 Å². The number of benzene rings is 1. The fourth-order valence-electron chi connectivity index (χ4n) is 3.57. The summed E-state index contributed by atoms with van der Waals surface area (Å²) in [6, 6.07) is 5.45. The Labute approximate surface area is 150 Å². The lowest BCUT2D eigenvalue weighted by Crippen LogP contribution is -2.60. The molecule has 7 nitrogen and oxygen atoms in total. The molecule has 8 heteroatoms. The van der Waals surface area contributed by atoms with Crippen molar-refractivity contribution in [3.8, 4) is 5.69 Å². The van der Waals surface area contributed by atoms with Crippen LogP contribution in [0.15, 0.2) is 36.7 Å². The molecule has 3 heterocycles. The third kappa shape index (κ3) is 3.08. The molecule has 2 aliphatic rings. The standard InChI is InChI=1S/C18H20FN5O2/c1-11-18(26)23-10-14(6-16(23)17(25)22-11)20-7-12-8-21-24(9-12)15-4-2-3-13(19)5-15/h2-5,8-9,11,14,16,20H,6-7,10H2,1H3,(H,22,25)/t11-,14-,16-/m0/s1. The highest BCUT2D eigenvalue weighted by Gasteiger charge is 2.44. The molecule has 1 aromatic heterocycles. The Morgan fingerprint density at radius 2 is 2.23 bits per heavy atom. The first-order chi connectivity index (χ1) is 12.5. The van der Waals surface area contributed by atoms with Crippen LogP contribution in [0, 0.1) is 5.82 Å². The molecule has 0 saturated carbocycles. The number of hydrogen-bond donors (Lipinski definition) is 2. The number of aromatic nitrogens is 2. The Hall–Kier alpha value is -2.74. The molecule has 2 aliphatic heterocycles. The van der Waals surface area contributed by atoms with Gasteiger partial charge in [-0.05, 0) is 31.5 Å². The zero-order valence-corrected chi connectivity index (χ0v) is 14.4. The Morgan fingerprint density at radius 1 is 1.38 bits per heavy atom. The van der Waals surface area contributed by atoms with Crippen LogP contribution in [0.25, 0.3) is 5.69 Å². The van der Waals surface area contributed by atoms with E-state index in [-0.39, 0.29) is 29.7 Å². The zero-order chi connectivity index (χ0) is 18.3. The highest BCUT2D eigenvalue weighted by molar-refractivity contribution is 5.97. The third-order valence-electron chi connectivity index (χ3n) is 4.92. The first-order valence-corrected chi connectivity index (χ1v) is 8.65. The van der Waals surface area contributed by atoms with Gasteiger partial charge >= 0.3 is 0 Å². The molecule has 2 amide bonds. The molecule has 0 aliphatic carbocycles. The number of piperazine rings is 1. The minimum absolute atomic E-state index is 0.0298. The average molecular weight is 357 g/mol. The molecule has 3 atom stereocenters. The van der Waals surface area contributed by atoms with E-state index in [0.717, 1.165) is 5.56 Å². The second-order valence-corrected chi connectivity index (χ2v) is 6.82. The summed E-state index contributed by atoms with van der Waals surface area (Å²) in [7, 11) is 0. The van der Waals surface area contributed by atoms with Gasteiger partial charge in [-0.3, -0.25) is 9.59 Å². The van der Waals surface area contributed by atoms with Gasteiger partial charge < -0.3 is 15.5 Å². The molecule has 136 valence electrons. The zero-order valence-electron chi connectivity index (χ0n) is 14.4. The average Bonchev–Trinajstić information content (AvgIpc) is 3.25. The summed E-state index contributed by atoms with van der Waals surface area (Å²) in [5.41, 5.74) is 1.61. The van der Waals surface area contributed by atoms with Gasteiger partial charge in [0, 0.05) is 30.9 Å². The number of carbonyl (C=O) groups excluding carboxylic acids is 2. The lowest BCUT2D eigenvalue weighted by molar-refractivity contribution is -0.146. The van der Waals surface area contributed by atoms with Crippen LogP contribution in [0.4, 0.5) is 4.39 Å². The van der Waals surface area contributed by atoms with Crippen LogP contribution < -0.4 is 10.6 Å². The number of nitrogens with one attached hydrogen (secondary N) is 2. The molecule has 2 N–H and O–H groups in total. The van der Waals surface area contributed by atoms with Crippen LogP contribution >= 0.6 is 0 Å². The quantitative estimate of drug-likeness (QED) is 0.839. The Kier molecular flexibility index (Phi) is 4.20. The highest BCUT2D eigenvalue weighted by Crippen LogP contribution is 2.23. The van der Waals surface area contributed by atoms with Gasteiger partial charge in [0.25, 0.3) is 0 Å². The van der Waals surface area contributed by atoms with Crippen molar-refractivity contribution >= 4 is 11.8 Å². The largest absolute Gasteiger partial charge is 0.343 e. The van der Waals surface area contributed by atoms with Gasteiger partial charge in [-0.1, -0.05) is 6.07 Å². The molecule has 26 heavy (non-hydrogen) atoms. The summed E-state index contributed by atoms with van der Waals surface area (Å²) in [6.45, 7) is 2.79. The van der Waals surface area contributed by atoms with Crippen molar-refractivity contribution in [2.24, 2.45) is 0 Å². The van der Waals surface area contributed by atoms with E-state index in [2.05, 4.69) is 15.7 Å². The molecule has 2 saturated heterocycles. The molecule has 4 rings (SSSR count). The minimum atomic E-state index is -0.456. The summed E-state index contributed by atoms with van der Waals surface area (Å²) >= 11 is 0. The summed E-state index contributed by atoms with van der Waals surface area (Å²) in [5, 5.41) is 10.4. The molecular formula is C18H20FN5O2. The number of hydrogen-bond acceptors (Lipinski definition) is 4. The molecule has 2 aromatic rings. The maximum atomic E-state index is 13.3. The molecule has 0 bridgehead atoms. The van der Waals surface area contributed by atoms with E-state index in [4.69, 9.17) is 0 Å². The van der Waals surface area contributed by atoms with Crippen molar-refractivity contribution in [3.63, 3.8) is 0 Å². The summed E-state index contributed by atoms with van der Waals surface area (Å²) in [4.78, 5) is 25.9. The van der Waals surface area contributed by atoms with Crippen LogP contribution in [-0.2, 0) is 16.1 Å². The van der Waals surface area contributed by atoms with Crippen LogP contribution in [0.2, 0.25) is 0 Å². The fraction of sp³-hybridized carbons (Fsp3) is 0.389. The molecule has 2 fully saturated rings. The van der Waals surface area contributed by atoms with Crippen molar-refractivity contribution < 1.29 is 14.0 Å². The van der Waals surface area contributed by atoms with Gasteiger partial charge in [0.15, 0.2) is 0 Å². The number of halogens is 1. The third-order valence-corrected chi connectivity index (χ3v) is 4.92. The SMILES string of the molecule is C[C@@H]1NC(=O)[C@@H]2C[C@H](NCc3cnn(-c4cccc(F)c4)c3)CN2C1=O. The van der Waals surface area contributed by atoms with Gasteiger partial charge in [0.05, 0.1) is 11.9 Å². The van der Waals surface area contributed by atoms with E-state index >= 15 is 0 Å². The van der Waals surface area contributed by atoms with Crippen molar-refractivity contribution in [2.45, 2.75) is 38.0 Å². The fourth-order valence-corrected chi connectivity index (χ4v) is 3.57. The lowest BCUT2D eigenvalue weighted by Gasteiger charge is -2.32. The monoisotopic (exact) mass is 357 g/mol. The first-order valence-electron chi connectivity index (χ1n) is 8.65. The highest BCUT2D eigenvalue weighted by atomic mass is 19.1. The number of fused-ring (bicyclic) bond motifs is 1. The minimum Gasteiger partial charge on any atom is -0.343 e. The number of carbonyl (C=O) groups is 2. The van der Waals surface area contributed by atoms with Crippen LogP contribution in [0.3, 0.4) is 0 Å². The smallest absolute Gasteiger partial charge is 0.245 e. The Morgan fingerprint density at radius 3 is 3.04 bits per heavy atom. The normalized spacial score (nSPS) is 25.3. The molecule has 0 unspecified atom stereocenters. The van der Waals surface area contributed by atoms with E-state index in [0.29, 0.717) is 25.2 Å². The van der Waals surface area contributed by atoms with E-state index in [9.17, 15) is 14.0 Å². The summed E-state index contributed by atoms with van der Waals surface area (Å²) < 4.78 is 15.0. The predicted octanol–water partition coefficient (Wildman–Crippen LogP) is 0.589. The van der Waals surface area contributed by atoms with E-state index < -0.39 is 6.04 Å². The lowest BCUT2D eigenvalue weighted by atomic mass is 10.1. The van der Waals surface area contributed by atoms with Gasteiger partial charge in [0.1, 0.15) is 17.9 Å². The van der Waals surface area contributed by atoms with Crippen LogP contribution in [0.5, 0.6) is 0 Å². The molecular weight excluding hydrogens is 337 g/mol. The number of rotatable bonds is 4. The van der Waals surface area contributed by atoms with Crippen molar-refractivity contribution in [3.05, 3.63) is 48.0 Å². The Bertz CT molecular complexity index is 852. The summed E-state index contributed by atoms with van der Waals surface area (Å²) in [6.07, 6.45) is 4.16. The first kappa shape index (κ1) is 16.7. The van der Waals surface area contributed by atoms with Crippen LogP contribution in [-0.4, -0.2) is 51.2 Å². The van der Waals surface area contributed by atoms with E-state index in [1.165, 1.54) is 12.1 Å².